The summed E-state index contributed by atoms with van der Waals surface area (Å²) in [7, 11) is -4.31. The van der Waals surface area contributed by atoms with E-state index in [1.54, 1.807) is 0 Å². The van der Waals surface area contributed by atoms with Crippen molar-refractivity contribution in [1.29, 1.82) is 0 Å². The van der Waals surface area contributed by atoms with Gasteiger partial charge in [0.15, 0.2) is 0 Å². The molecule has 0 aliphatic rings. The molecule has 0 rings (SSSR count). The molecular formula is C20H35NaO7S. The third kappa shape index (κ3) is 25.6. The van der Waals surface area contributed by atoms with Gasteiger partial charge in [0.1, 0.15) is 0 Å². The van der Waals surface area contributed by atoms with Crippen molar-refractivity contribution in [3.63, 3.8) is 0 Å². The normalized spacial score (nSPS) is 11.2. The van der Waals surface area contributed by atoms with Crippen LogP contribution in [0.1, 0.15) is 84.0 Å². The third-order valence-electron chi connectivity index (χ3n) is 4.13. The van der Waals surface area contributed by atoms with Gasteiger partial charge >= 0.3 is 41.5 Å². The fourth-order valence-corrected chi connectivity index (χ4v) is 3.05. The summed E-state index contributed by atoms with van der Waals surface area (Å²) < 4.78 is 40.8. The van der Waals surface area contributed by atoms with Gasteiger partial charge in [-0.1, -0.05) is 71.1 Å². The maximum Gasteiger partial charge on any atom is 1.00 e. The standard InChI is InChI=1S/C20H36O7S.Na/c1-2-3-4-5-6-7-8-9-10-11-12-16-26-19(21)14-15-20(22)27-17-13-18-28(23,24)25;/h14-15H,2-13,16-18H2,1H3,(H,23,24,25);/q;+1/p-1/b15-14-;. The molecular weight excluding hydrogens is 407 g/mol. The van der Waals surface area contributed by atoms with E-state index in [0.717, 1.165) is 31.4 Å². The Balaban J connectivity index is 0. The summed E-state index contributed by atoms with van der Waals surface area (Å²) in [5, 5.41) is 0. The van der Waals surface area contributed by atoms with E-state index in [1.807, 2.05) is 0 Å². The molecule has 0 aliphatic heterocycles. The van der Waals surface area contributed by atoms with Gasteiger partial charge in [-0.3, -0.25) is 0 Å². The number of carbonyl (C=O) groups is 2. The first-order valence-corrected chi connectivity index (χ1v) is 11.9. The van der Waals surface area contributed by atoms with Gasteiger partial charge in [0.05, 0.1) is 23.3 Å². The zero-order valence-corrected chi connectivity index (χ0v) is 20.8. The molecule has 0 amide bonds. The van der Waals surface area contributed by atoms with Crippen LogP contribution in [0.25, 0.3) is 0 Å². The van der Waals surface area contributed by atoms with E-state index in [-0.39, 0.29) is 42.6 Å². The first kappa shape index (κ1) is 30.8. The molecule has 7 nitrogen and oxygen atoms in total. The van der Waals surface area contributed by atoms with Gasteiger partial charge in [0.25, 0.3) is 0 Å². The van der Waals surface area contributed by atoms with Crippen LogP contribution in [0.4, 0.5) is 0 Å². The molecule has 164 valence electrons. The Morgan fingerprint density at radius 3 is 1.52 bits per heavy atom. The van der Waals surface area contributed by atoms with E-state index in [4.69, 9.17) is 4.74 Å². The molecule has 0 unspecified atom stereocenters. The number of hydrogen-bond acceptors (Lipinski definition) is 7. The number of rotatable bonds is 18. The molecule has 0 aromatic rings. The first-order valence-electron chi connectivity index (χ1n) is 10.3. The third-order valence-corrected chi connectivity index (χ3v) is 4.92. The zero-order valence-electron chi connectivity index (χ0n) is 18.0. The minimum absolute atomic E-state index is 0. The van der Waals surface area contributed by atoms with Crippen LogP contribution < -0.4 is 29.6 Å². The molecule has 29 heavy (non-hydrogen) atoms. The Morgan fingerprint density at radius 1 is 0.724 bits per heavy atom. The van der Waals surface area contributed by atoms with Crippen LogP contribution in [0.2, 0.25) is 0 Å². The van der Waals surface area contributed by atoms with E-state index in [1.165, 1.54) is 51.4 Å². The summed E-state index contributed by atoms with van der Waals surface area (Å²) in [5.41, 5.74) is 0. The van der Waals surface area contributed by atoms with Gasteiger partial charge in [0.2, 0.25) is 0 Å². The second-order valence-electron chi connectivity index (χ2n) is 6.82. The molecule has 0 saturated heterocycles. The maximum atomic E-state index is 11.5. The van der Waals surface area contributed by atoms with Crippen molar-refractivity contribution in [2.45, 2.75) is 84.0 Å². The summed E-state index contributed by atoms with van der Waals surface area (Å²) in [6.07, 6.45) is 15.2. The van der Waals surface area contributed by atoms with Crippen LogP contribution in [-0.2, 0) is 29.2 Å². The summed E-state index contributed by atoms with van der Waals surface area (Å²) in [6, 6.07) is 0. The fraction of sp³-hybridized carbons (Fsp3) is 0.800. The predicted molar refractivity (Wildman–Crippen MR) is 107 cm³/mol. The van der Waals surface area contributed by atoms with E-state index >= 15 is 0 Å². The quantitative estimate of drug-likeness (QED) is 0.102. The van der Waals surface area contributed by atoms with Crippen LogP contribution >= 0.6 is 0 Å². The van der Waals surface area contributed by atoms with Crippen LogP contribution in [-0.4, -0.2) is 43.9 Å². The van der Waals surface area contributed by atoms with Gasteiger partial charge in [-0.2, -0.15) is 0 Å². The van der Waals surface area contributed by atoms with Gasteiger partial charge < -0.3 is 14.0 Å². The largest absolute Gasteiger partial charge is 1.00 e. The van der Waals surface area contributed by atoms with Crippen LogP contribution in [0.5, 0.6) is 0 Å². The van der Waals surface area contributed by atoms with E-state index < -0.39 is 27.8 Å². The van der Waals surface area contributed by atoms with Gasteiger partial charge in [-0.15, -0.1) is 0 Å². The number of esters is 2. The number of hydrogen-bond donors (Lipinski definition) is 0. The first-order chi connectivity index (χ1) is 13.3. The van der Waals surface area contributed by atoms with E-state index in [9.17, 15) is 22.6 Å². The minimum Gasteiger partial charge on any atom is -0.748 e. The Morgan fingerprint density at radius 2 is 1.10 bits per heavy atom. The van der Waals surface area contributed by atoms with Crippen molar-refractivity contribution in [3.8, 4) is 0 Å². The molecule has 0 atom stereocenters. The molecule has 0 fully saturated rings. The summed E-state index contributed by atoms with van der Waals surface area (Å²) in [5.74, 6) is -1.99. The topological polar surface area (TPSA) is 110 Å². The van der Waals surface area contributed by atoms with E-state index in [0.29, 0.717) is 6.61 Å². The zero-order chi connectivity index (χ0) is 21.1. The molecule has 0 saturated carbocycles. The summed E-state index contributed by atoms with van der Waals surface area (Å²) in [6.45, 7) is 2.34. The summed E-state index contributed by atoms with van der Waals surface area (Å²) in [4.78, 5) is 22.8. The van der Waals surface area contributed by atoms with E-state index in [2.05, 4.69) is 11.7 Å². The SMILES string of the molecule is CCCCCCCCCCCCCOC(=O)/C=C\C(=O)OCCCS(=O)(=O)[O-].[Na+]. The minimum atomic E-state index is -4.31. The molecule has 0 aromatic heterocycles. The second kappa shape index (κ2) is 20.8. The van der Waals surface area contributed by atoms with Crippen molar-refractivity contribution in [1.82, 2.24) is 0 Å². The average molecular weight is 443 g/mol. The molecule has 0 aliphatic carbocycles. The molecule has 0 N–H and O–H groups in total. The number of ether oxygens (including phenoxy) is 2. The smallest absolute Gasteiger partial charge is 0.748 e. The number of unbranched alkanes of at least 4 members (excludes halogenated alkanes) is 10. The molecule has 0 spiro atoms. The molecule has 9 heteroatoms. The summed E-state index contributed by atoms with van der Waals surface area (Å²) >= 11 is 0. The van der Waals surface area contributed by atoms with Crippen molar-refractivity contribution in [2.75, 3.05) is 19.0 Å². The van der Waals surface area contributed by atoms with Gasteiger partial charge in [-0.25, -0.2) is 18.0 Å². The second-order valence-corrected chi connectivity index (χ2v) is 8.34. The van der Waals surface area contributed by atoms with Crippen LogP contribution in [0.3, 0.4) is 0 Å². The molecule has 0 heterocycles. The van der Waals surface area contributed by atoms with Crippen molar-refractivity contribution in [3.05, 3.63) is 12.2 Å². The maximum absolute atomic E-state index is 11.5. The number of carbonyl (C=O) groups excluding carboxylic acids is 2. The monoisotopic (exact) mass is 442 g/mol. The van der Waals surface area contributed by atoms with Crippen molar-refractivity contribution < 1.29 is 61.6 Å². The fourth-order valence-electron chi connectivity index (χ4n) is 2.58. The average Bonchev–Trinajstić information content (AvgIpc) is 2.63. The van der Waals surface area contributed by atoms with Crippen molar-refractivity contribution in [2.24, 2.45) is 0 Å². The van der Waals surface area contributed by atoms with Gasteiger partial charge in [-0.05, 0) is 12.8 Å². The molecule has 0 bridgehead atoms. The molecule has 0 radical (unpaired) electrons. The van der Waals surface area contributed by atoms with Crippen molar-refractivity contribution >= 4 is 22.1 Å². The Hall–Kier alpha value is -0.410. The Bertz CT molecular complexity index is 547. The molecule has 0 aromatic carbocycles. The predicted octanol–water partition coefficient (Wildman–Crippen LogP) is 0.879. The van der Waals surface area contributed by atoms with Gasteiger partial charge in [0, 0.05) is 17.9 Å². The Kier molecular flexibility index (Phi) is 22.1. The van der Waals surface area contributed by atoms with Crippen LogP contribution in [0, 0.1) is 0 Å². The Labute approximate surface area is 198 Å². The van der Waals surface area contributed by atoms with Crippen LogP contribution in [0.15, 0.2) is 12.2 Å².